The van der Waals surface area contributed by atoms with Crippen LogP contribution in [-0.4, -0.2) is 41.9 Å². The van der Waals surface area contributed by atoms with Gasteiger partial charge in [0.1, 0.15) is 0 Å². The smallest absolute Gasteiger partial charge is 0.267 e. The Labute approximate surface area is 316 Å². The van der Waals surface area contributed by atoms with Crippen LogP contribution in [-0.2, 0) is 14.9 Å². The van der Waals surface area contributed by atoms with Crippen LogP contribution in [0.1, 0.15) is 219 Å². The lowest BCUT2D eigenvalue weighted by Gasteiger charge is -2.21. The third kappa shape index (κ3) is 39.6. The molecule has 51 heavy (non-hydrogen) atoms. The van der Waals surface area contributed by atoms with Crippen LogP contribution >= 0.6 is 0 Å². The number of carbonyl (C=O) groups excluding carboxylic acids is 1. The summed E-state index contributed by atoms with van der Waals surface area (Å²) in [5, 5.41) is 13.2. The van der Waals surface area contributed by atoms with Crippen molar-refractivity contribution in [3.63, 3.8) is 0 Å². The summed E-state index contributed by atoms with van der Waals surface area (Å²) >= 11 is 0. The molecule has 2 atom stereocenters. The van der Waals surface area contributed by atoms with Gasteiger partial charge >= 0.3 is 0 Å². The Morgan fingerprint density at radius 2 is 0.882 bits per heavy atom. The molecule has 0 fully saturated rings. The number of aliphatic hydroxyl groups is 1. The zero-order chi connectivity index (χ0) is 37.5. The molecule has 0 saturated heterocycles. The first-order valence-electron chi connectivity index (χ1n) is 21.7. The topological polar surface area (TPSA) is 104 Å². The molecule has 2 unspecified atom stereocenters. The molecule has 7 heteroatoms. The second-order valence-electron chi connectivity index (χ2n) is 15.0. The number of unbranched alkanes of at least 4 members (excludes halogenated alkanes) is 27. The molecule has 0 bridgehead atoms. The molecular formula is C44H83NO5S. The molecule has 0 heterocycles. The maximum Gasteiger partial charge on any atom is 0.267 e. The highest BCUT2D eigenvalue weighted by atomic mass is 32.2. The molecule has 6 nitrogen and oxygen atoms in total. The van der Waals surface area contributed by atoms with Crippen molar-refractivity contribution in [2.24, 2.45) is 0 Å². The molecule has 0 aromatic carbocycles. The van der Waals surface area contributed by atoms with Gasteiger partial charge in [0.15, 0.2) is 0 Å². The van der Waals surface area contributed by atoms with Crippen molar-refractivity contribution >= 4 is 16.0 Å². The van der Waals surface area contributed by atoms with Gasteiger partial charge in [0, 0.05) is 6.42 Å². The molecule has 3 N–H and O–H groups in total. The monoisotopic (exact) mass is 738 g/mol. The summed E-state index contributed by atoms with van der Waals surface area (Å²) in [6, 6.07) is -1.06. The Bertz CT molecular complexity index is 945. The van der Waals surface area contributed by atoms with Crippen LogP contribution in [0.4, 0.5) is 0 Å². The van der Waals surface area contributed by atoms with Crippen LogP contribution in [0.25, 0.3) is 0 Å². The predicted molar refractivity (Wildman–Crippen MR) is 221 cm³/mol. The lowest BCUT2D eigenvalue weighted by atomic mass is 10.0. The summed E-state index contributed by atoms with van der Waals surface area (Å²) in [6.07, 6.45) is 49.8. The third-order valence-corrected chi connectivity index (χ3v) is 10.6. The van der Waals surface area contributed by atoms with Gasteiger partial charge in [-0.05, 0) is 51.4 Å². The van der Waals surface area contributed by atoms with Crippen molar-refractivity contribution in [1.29, 1.82) is 0 Å². The van der Waals surface area contributed by atoms with Gasteiger partial charge in [-0.15, -0.1) is 0 Å². The molecule has 0 saturated carbocycles. The third-order valence-electron chi connectivity index (χ3n) is 9.81. The number of amides is 1. The van der Waals surface area contributed by atoms with Crippen molar-refractivity contribution < 1.29 is 22.9 Å². The summed E-state index contributed by atoms with van der Waals surface area (Å²) in [7, 11) is -4.34. The van der Waals surface area contributed by atoms with Gasteiger partial charge in [-0.2, -0.15) is 8.42 Å². The van der Waals surface area contributed by atoms with E-state index in [1.165, 1.54) is 154 Å². The van der Waals surface area contributed by atoms with E-state index in [1.807, 2.05) is 6.08 Å². The first-order valence-corrected chi connectivity index (χ1v) is 23.3. The standard InChI is InChI=1S/C44H83NO5S/c1-3-5-7-9-11-13-15-17-19-20-21-22-23-24-26-28-30-32-34-36-38-40-44(47)45-42(41-51(48,49)50)43(46)39-37-35-33-31-29-27-25-18-16-14-12-10-8-6-4-2/h15,17,20-21,37,39,42-43,46H,3-14,16,18-19,22-36,38,40-41H2,1-2H3,(H,45,47)(H,48,49,50)/b17-15-,21-20-,39-37+. The molecule has 1 amide bonds. The highest BCUT2D eigenvalue weighted by Crippen LogP contribution is 2.15. The van der Waals surface area contributed by atoms with E-state index in [0.29, 0.717) is 6.42 Å². The SMILES string of the molecule is CCCCCCC/C=C\C/C=C\CCCCCCCCCCCC(=O)NC(CS(=O)(=O)O)C(O)/C=C/CCCCCCCCCCCCCCC. The lowest BCUT2D eigenvalue weighted by molar-refractivity contribution is -0.122. The number of carbonyl (C=O) groups is 1. The van der Waals surface area contributed by atoms with Gasteiger partial charge in [-0.3, -0.25) is 9.35 Å². The molecule has 0 spiro atoms. The Morgan fingerprint density at radius 1 is 0.529 bits per heavy atom. The van der Waals surface area contributed by atoms with Gasteiger partial charge in [-0.25, -0.2) is 0 Å². The van der Waals surface area contributed by atoms with Crippen molar-refractivity contribution in [3.8, 4) is 0 Å². The molecule has 0 aliphatic heterocycles. The Hall–Kier alpha value is -1.44. The van der Waals surface area contributed by atoms with Gasteiger partial charge in [-0.1, -0.05) is 198 Å². The van der Waals surface area contributed by atoms with Gasteiger partial charge in [0.2, 0.25) is 5.91 Å². The first-order chi connectivity index (χ1) is 24.8. The van der Waals surface area contributed by atoms with E-state index in [-0.39, 0.29) is 5.91 Å². The molecule has 0 aromatic heterocycles. The molecule has 0 aromatic rings. The molecule has 0 aliphatic rings. The lowest BCUT2D eigenvalue weighted by Crippen LogP contribution is -2.46. The minimum Gasteiger partial charge on any atom is -0.387 e. The molecular weight excluding hydrogens is 655 g/mol. The largest absolute Gasteiger partial charge is 0.387 e. The van der Waals surface area contributed by atoms with Crippen LogP contribution in [0.3, 0.4) is 0 Å². The average Bonchev–Trinajstić information content (AvgIpc) is 3.09. The fourth-order valence-electron chi connectivity index (χ4n) is 6.54. The predicted octanol–water partition coefficient (Wildman–Crippen LogP) is 12.9. The van der Waals surface area contributed by atoms with Crippen LogP contribution in [0.15, 0.2) is 36.5 Å². The second-order valence-corrected chi connectivity index (χ2v) is 16.5. The van der Waals surface area contributed by atoms with Crippen LogP contribution in [0, 0.1) is 0 Å². The summed E-state index contributed by atoms with van der Waals surface area (Å²) in [6.45, 7) is 4.52. The van der Waals surface area contributed by atoms with E-state index >= 15 is 0 Å². The van der Waals surface area contributed by atoms with E-state index < -0.39 is 28.0 Å². The van der Waals surface area contributed by atoms with E-state index in [0.717, 1.165) is 44.9 Å². The maximum atomic E-state index is 12.5. The normalized spacial score (nSPS) is 13.6. The minimum atomic E-state index is -4.34. The van der Waals surface area contributed by atoms with Crippen molar-refractivity contribution in [2.45, 2.75) is 231 Å². The number of nitrogens with one attached hydrogen (secondary N) is 1. The average molecular weight is 738 g/mol. The molecule has 0 rings (SSSR count). The molecule has 0 aliphatic carbocycles. The minimum absolute atomic E-state index is 0.282. The number of hydrogen-bond donors (Lipinski definition) is 3. The van der Waals surface area contributed by atoms with Gasteiger partial charge in [0.25, 0.3) is 10.1 Å². The van der Waals surface area contributed by atoms with Gasteiger partial charge in [0.05, 0.1) is 17.9 Å². The summed E-state index contributed by atoms with van der Waals surface area (Å²) in [5.41, 5.74) is 0. The zero-order valence-electron chi connectivity index (χ0n) is 33.5. The fraction of sp³-hybridized carbons (Fsp3) is 0.841. The highest BCUT2D eigenvalue weighted by molar-refractivity contribution is 7.85. The number of aliphatic hydroxyl groups excluding tert-OH is 1. The van der Waals surface area contributed by atoms with E-state index in [1.54, 1.807) is 6.08 Å². The summed E-state index contributed by atoms with van der Waals surface area (Å²) in [5.74, 6) is -0.980. The quantitative estimate of drug-likeness (QED) is 0.0331. The molecule has 0 radical (unpaired) electrons. The number of allylic oxidation sites excluding steroid dienone is 5. The van der Waals surface area contributed by atoms with E-state index in [4.69, 9.17) is 0 Å². The highest BCUT2D eigenvalue weighted by Gasteiger charge is 2.24. The van der Waals surface area contributed by atoms with Crippen molar-refractivity contribution in [2.75, 3.05) is 5.75 Å². The second kappa shape index (κ2) is 38.3. The van der Waals surface area contributed by atoms with Crippen LogP contribution in [0.2, 0.25) is 0 Å². The summed E-state index contributed by atoms with van der Waals surface area (Å²) < 4.78 is 32.5. The summed E-state index contributed by atoms with van der Waals surface area (Å²) in [4.78, 5) is 12.5. The fourth-order valence-corrected chi connectivity index (χ4v) is 7.27. The Kier molecular flexibility index (Phi) is 37.2. The maximum absolute atomic E-state index is 12.5. The zero-order valence-corrected chi connectivity index (χ0v) is 34.3. The molecule has 300 valence electrons. The Morgan fingerprint density at radius 3 is 1.27 bits per heavy atom. The van der Waals surface area contributed by atoms with E-state index in [2.05, 4.69) is 43.5 Å². The Balaban J connectivity index is 3.88. The van der Waals surface area contributed by atoms with Crippen LogP contribution in [0.5, 0.6) is 0 Å². The number of hydrogen-bond acceptors (Lipinski definition) is 4. The van der Waals surface area contributed by atoms with Crippen molar-refractivity contribution in [1.82, 2.24) is 5.32 Å². The van der Waals surface area contributed by atoms with E-state index in [9.17, 15) is 22.9 Å². The van der Waals surface area contributed by atoms with Crippen LogP contribution < -0.4 is 5.32 Å². The van der Waals surface area contributed by atoms with Crippen molar-refractivity contribution in [3.05, 3.63) is 36.5 Å². The first kappa shape index (κ1) is 49.6. The number of rotatable bonds is 39. The van der Waals surface area contributed by atoms with Gasteiger partial charge < -0.3 is 10.4 Å².